The van der Waals surface area contributed by atoms with E-state index >= 15 is 0 Å². The van der Waals surface area contributed by atoms with E-state index in [-0.39, 0.29) is 24.3 Å². The van der Waals surface area contributed by atoms with Crippen LogP contribution in [0, 0.1) is 0 Å². The molecule has 1 aliphatic rings. The molecule has 7 nitrogen and oxygen atoms in total. The fraction of sp³-hybridized carbons (Fsp3) is 0.227. The third kappa shape index (κ3) is 4.31. The van der Waals surface area contributed by atoms with Gasteiger partial charge in [0.1, 0.15) is 11.5 Å². The zero-order valence-electron chi connectivity index (χ0n) is 16.2. The van der Waals surface area contributed by atoms with Gasteiger partial charge < -0.3 is 19.8 Å². The molecule has 30 heavy (non-hydrogen) atoms. The molecule has 1 saturated heterocycles. The monoisotopic (exact) mass is 429 g/mol. The number of ether oxygens (including phenoxy) is 1. The largest absolute Gasteiger partial charge is 0.507 e. The highest BCUT2D eigenvalue weighted by atomic mass is 35.5. The lowest BCUT2D eigenvalue weighted by Gasteiger charge is -2.25. The third-order valence-corrected chi connectivity index (χ3v) is 4.98. The fourth-order valence-electron chi connectivity index (χ4n) is 3.35. The first-order valence-corrected chi connectivity index (χ1v) is 9.70. The molecule has 1 amide bonds. The van der Waals surface area contributed by atoms with Crippen LogP contribution in [-0.2, 0) is 14.4 Å². The van der Waals surface area contributed by atoms with E-state index in [1.807, 2.05) is 6.92 Å². The second-order valence-corrected chi connectivity index (χ2v) is 7.08. The summed E-state index contributed by atoms with van der Waals surface area (Å²) in [6.07, 6.45) is -0.332. The Balaban J connectivity index is 2.11. The summed E-state index contributed by atoms with van der Waals surface area (Å²) >= 11 is 5.89. The van der Waals surface area contributed by atoms with Crippen LogP contribution in [0.3, 0.4) is 0 Å². The number of hydrogen-bond acceptors (Lipinski definition) is 5. The minimum Gasteiger partial charge on any atom is -0.507 e. The smallest absolute Gasteiger partial charge is 0.305 e. The van der Waals surface area contributed by atoms with Gasteiger partial charge in [0.25, 0.3) is 11.7 Å². The molecule has 2 aromatic rings. The summed E-state index contributed by atoms with van der Waals surface area (Å²) in [5, 5.41) is 20.4. The Morgan fingerprint density at radius 3 is 2.27 bits per heavy atom. The first kappa shape index (κ1) is 21.4. The molecule has 2 N–H and O–H groups in total. The van der Waals surface area contributed by atoms with E-state index in [1.54, 1.807) is 36.4 Å². The van der Waals surface area contributed by atoms with Crippen LogP contribution in [-0.4, -0.2) is 45.9 Å². The molecule has 156 valence electrons. The molecular weight excluding hydrogens is 410 g/mol. The van der Waals surface area contributed by atoms with Gasteiger partial charge in [-0.25, -0.2) is 0 Å². The number of rotatable bonds is 7. The summed E-state index contributed by atoms with van der Waals surface area (Å²) in [5.41, 5.74) is 0.780. The number of aliphatic hydroxyl groups excluding tert-OH is 1. The maximum atomic E-state index is 12.8. The van der Waals surface area contributed by atoms with Gasteiger partial charge in [-0.1, -0.05) is 23.7 Å². The van der Waals surface area contributed by atoms with Gasteiger partial charge in [-0.15, -0.1) is 0 Å². The zero-order valence-corrected chi connectivity index (χ0v) is 16.9. The number of hydrogen-bond donors (Lipinski definition) is 2. The van der Waals surface area contributed by atoms with Crippen LogP contribution < -0.4 is 4.74 Å². The highest BCUT2D eigenvalue weighted by molar-refractivity contribution is 6.46. The lowest BCUT2D eigenvalue weighted by atomic mass is 9.95. The number of carbonyl (C=O) groups is 3. The number of aliphatic hydroxyl groups is 1. The van der Waals surface area contributed by atoms with E-state index in [1.165, 1.54) is 17.0 Å². The van der Waals surface area contributed by atoms with Crippen LogP contribution in [0.2, 0.25) is 5.02 Å². The van der Waals surface area contributed by atoms with Gasteiger partial charge in [-0.3, -0.25) is 14.4 Å². The van der Waals surface area contributed by atoms with Crippen LogP contribution in [0.4, 0.5) is 0 Å². The number of likely N-dealkylation sites (tertiary alicyclic amines) is 1. The number of Topliss-reactive ketones (excluding diaryl/α,β-unsaturated/α-hetero) is 1. The number of amides is 1. The van der Waals surface area contributed by atoms with E-state index in [2.05, 4.69) is 0 Å². The van der Waals surface area contributed by atoms with Gasteiger partial charge in [0, 0.05) is 17.1 Å². The molecule has 0 radical (unpaired) electrons. The third-order valence-electron chi connectivity index (χ3n) is 4.73. The summed E-state index contributed by atoms with van der Waals surface area (Å²) in [5.74, 6) is -2.56. The van der Waals surface area contributed by atoms with Gasteiger partial charge in [0.2, 0.25) is 0 Å². The second-order valence-electron chi connectivity index (χ2n) is 6.65. The molecule has 8 heteroatoms. The number of carboxylic acids is 1. The number of benzene rings is 2. The minimum absolute atomic E-state index is 0.100. The Labute approximate surface area is 178 Å². The predicted molar refractivity (Wildman–Crippen MR) is 110 cm³/mol. The summed E-state index contributed by atoms with van der Waals surface area (Å²) in [7, 11) is 0. The van der Waals surface area contributed by atoms with Crippen LogP contribution in [0.1, 0.15) is 30.5 Å². The second kappa shape index (κ2) is 9.00. The molecule has 0 bridgehead atoms. The van der Waals surface area contributed by atoms with E-state index in [9.17, 15) is 19.5 Å². The van der Waals surface area contributed by atoms with E-state index < -0.39 is 23.7 Å². The van der Waals surface area contributed by atoms with E-state index in [0.717, 1.165) is 0 Å². The molecule has 0 aliphatic carbocycles. The average Bonchev–Trinajstić information content (AvgIpc) is 2.98. The van der Waals surface area contributed by atoms with Crippen molar-refractivity contribution in [2.45, 2.75) is 19.4 Å². The van der Waals surface area contributed by atoms with E-state index in [4.69, 9.17) is 21.4 Å². The van der Waals surface area contributed by atoms with Crippen LogP contribution in [0.15, 0.2) is 54.1 Å². The number of nitrogens with zero attached hydrogens (tertiary/aromatic N) is 1. The molecule has 0 spiro atoms. The van der Waals surface area contributed by atoms with Crippen LogP contribution in [0.5, 0.6) is 5.75 Å². The predicted octanol–water partition coefficient (Wildman–Crippen LogP) is 3.64. The topological polar surface area (TPSA) is 104 Å². The molecule has 1 atom stereocenters. The Hall–Kier alpha value is -3.32. The zero-order chi connectivity index (χ0) is 21.8. The summed E-state index contributed by atoms with van der Waals surface area (Å²) in [4.78, 5) is 37.7. The van der Waals surface area contributed by atoms with Crippen molar-refractivity contribution in [3.63, 3.8) is 0 Å². The molecular formula is C22H20ClNO6. The van der Waals surface area contributed by atoms with Gasteiger partial charge in [0.05, 0.1) is 24.6 Å². The van der Waals surface area contributed by atoms with Crippen LogP contribution >= 0.6 is 11.6 Å². The Morgan fingerprint density at radius 1 is 1.07 bits per heavy atom. The van der Waals surface area contributed by atoms with Crippen molar-refractivity contribution >= 4 is 35.0 Å². The average molecular weight is 430 g/mol. The molecule has 0 unspecified atom stereocenters. The standard InChI is InChI=1S/C22H20ClNO6/c1-2-30-16-9-5-13(6-10-16)19-18(20(27)14-3-7-15(23)8-4-14)21(28)22(29)24(19)12-11-17(25)26/h3-10,19,27H,2,11-12H2,1H3,(H,25,26)/t19-/m0/s1. The summed E-state index contributed by atoms with van der Waals surface area (Å²) in [6.45, 7) is 2.16. The summed E-state index contributed by atoms with van der Waals surface area (Å²) < 4.78 is 5.43. The van der Waals surface area contributed by atoms with Crippen molar-refractivity contribution < 1.29 is 29.3 Å². The van der Waals surface area contributed by atoms with Gasteiger partial charge in [-0.05, 0) is 48.9 Å². The maximum Gasteiger partial charge on any atom is 0.305 e. The van der Waals surface area contributed by atoms with E-state index in [0.29, 0.717) is 28.5 Å². The molecule has 1 heterocycles. The first-order valence-electron chi connectivity index (χ1n) is 9.32. The molecule has 0 aromatic heterocycles. The number of halogens is 1. The molecule has 1 fully saturated rings. The lowest BCUT2D eigenvalue weighted by Crippen LogP contribution is -2.31. The number of carboxylic acid groups (broad SMARTS) is 1. The van der Waals surface area contributed by atoms with Crippen molar-refractivity contribution in [3.8, 4) is 5.75 Å². The van der Waals surface area contributed by atoms with Crippen LogP contribution in [0.25, 0.3) is 5.76 Å². The number of ketones is 1. The minimum atomic E-state index is -1.10. The van der Waals surface area contributed by atoms with Crippen molar-refractivity contribution in [3.05, 3.63) is 70.3 Å². The maximum absolute atomic E-state index is 12.8. The SMILES string of the molecule is CCOc1ccc([C@H]2C(=C(O)c3ccc(Cl)cc3)C(=O)C(=O)N2CCC(=O)O)cc1. The Bertz CT molecular complexity index is 997. The quantitative estimate of drug-likeness (QED) is 0.395. The van der Waals surface area contributed by atoms with Crippen molar-refractivity contribution in [1.82, 2.24) is 4.90 Å². The van der Waals surface area contributed by atoms with Gasteiger partial charge in [0.15, 0.2) is 0 Å². The molecule has 1 aliphatic heterocycles. The number of aliphatic carboxylic acids is 1. The summed E-state index contributed by atoms with van der Waals surface area (Å²) in [6, 6.07) is 12.0. The van der Waals surface area contributed by atoms with Gasteiger partial charge in [-0.2, -0.15) is 0 Å². The van der Waals surface area contributed by atoms with Crippen molar-refractivity contribution in [2.75, 3.05) is 13.2 Å². The fourth-order valence-corrected chi connectivity index (χ4v) is 3.48. The van der Waals surface area contributed by atoms with Crippen molar-refractivity contribution in [2.24, 2.45) is 0 Å². The van der Waals surface area contributed by atoms with Crippen molar-refractivity contribution in [1.29, 1.82) is 0 Å². The van der Waals surface area contributed by atoms with Gasteiger partial charge >= 0.3 is 5.97 Å². The Morgan fingerprint density at radius 2 is 1.70 bits per heavy atom. The normalized spacial score (nSPS) is 17.9. The first-order chi connectivity index (χ1) is 14.3. The number of carbonyl (C=O) groups excluding carboxylic acids is 2. The highest BCUT2D eigenvalue weighted by Gasteiger charge is 2.46. The Kier molecular flexibility index (Phi) is 6.42. The molecule has 0 saturated carbocycles. The highest BCUT2D eigenvalue weighted by Crippen LogP contribution is 2.40. The lowest BCUT2D eigenvalue weighted by molar-refractivity contribution is -0.142. The molecule has 3 rings (SSSR count). The molecule has 2 aromatic carbocycles.